The zero-order valence-electron chi connectivity index (χ0n) is 46.9. The molecule has 0 aromatic rings. The Morgan fingerprint density at radius 1 is 0.437 bits per heavy atom. The van der Waals surface area contributed by atoms with Gasteiger partial charge in [0.25, 0.3) is 6.29 Å². The molecule has 0 amide bonds. The van der Waals surface area contributed by atoms with Gasteiger partial charge >= 0.3 is 17.9 Å². The minimum absolute atomic E-state index is 0.178. The van der Waals surface area contributed by atoms with E-state index in [9.17, 15) is 19.5 Å². The number of ether oxygens (including phenoxy) is 4. The molecule has 0 rings (SSSR count). The third-order valence-corrected chi connectivity index (χ3v) is 12.8. The summed E-state index contributed by atoms with van der Waals surface area (Å²) in [4.78, 5) is 37.3. The maximum absolute atomic E-state index is 12.8. The smallest absolute Gasteiger partial charge is 0.361 e. The molecule has 0 saturated heterocycles. The molecule has 0 saturated carbocycles. The Labute approximate surface area is 437 Å². The van der Waals surface area contributed by atoms with Crippen molar-refractivity contribution in [2.75, 3.05) is 47.5 Å². The summed E-state index contributed by atoms with van der Waals surface area (Å²) in [6.45, 7) is 4.73. The summed E-state index contributed by atoms with van der Waals surface area (Å²) in [6.07, 6.45) is 64.7. The molecular formula is C62H112NO8+. The first-order valence-corrected chi connectivity index (χ1v) is 29.5. The second-order valence-corrected chi connectivity index (χ2v) is 20.9. The van der Waals surface area contributed by atoms with E-state index in [1.54, 1.807) is 0 Å². The molecule has 0 aliphatic carbocycles. The van der Waals surface area contributed by atoms with E-state index in [0.29, 0.717) is 23.9 Å². The van der Waals surface area contributed by atoms with E-state index in [0.717, 1.165) is 57.8 Å². The molecule has 0 heterocycles. The van der Waals surface area contributed by atoms with Gasteiger partial charge in [-0.3, -0.25) is 9.59 Å². The topological polar surface area (TPSA) is 108 Å². The predicted octanol–water partition coefficient (Wildman–Crippen LogP) is 17.2. The summed E-state index contributed by atoms with van der Waals surface area (Å²) < 4.78 is 22.8. The molecule has 0 aliphatic heterocycles. The van der Waals surface area contributed by atoms with E-state index in [1.807, 2.05) is 21.1 Å². The average molecular weight is 1000 g/mol. The van der Waals surface area contributed by atoms with Crippen molar-refractivity contribution in [1.82, 2.24) is 0 Å². The number of carbonyl (C=O) groups is 3. The summed E-state index contributed by atoms with van der Waals surface area (Å²) in [5.41, 5.74) is 0. The highest BCUT2D eigenvalue weighted by Crippen LogP contribution is 2.17. The van der Waals surface area contributed by atoms with E-state index in [4.69, 9.17) is 18.9 Å². The van der Waals surface area contributed by atoms with E-state index in [2.05, 4.69) is 74.6 Å². The van der Waals surface area contributed by atoms with Crippen molar-refractivity contribution >= 4 is 17.9 Å². The van der Waals surface area contributed by atoms with Gasteiger partial charge in [-0.2, -0.15) is 0 Å². The third-order valence-electron chi connectivity index (χ3n) is 12.8. The van der Waals surface area contributed by atoms with Crippen LogP contribution in [-0.2, 0) is 33.3 Å². The fourth-order valence-electron chi connectivity index (χ4n) is 8.24. The number of esters is 2. The fraction of sp³-hybridized carbons (Fsp3) is 0.790. The minimum Gasteiger partial charge on any atom is -0.477 e. The lowest BCUT2D eigenvalue weighted by molar-refractivity contribution is -0.870. The molecular weight excluding hydrogens is 887 g/mol. The quantitative estimate of drug-likeness (QED) is 0.0211. The number of allylic oxidation sites excluding steroid dienone is 10. The minimum atomic E-state index is -1.52. The molecule has 0 radical (unpaired) electrons. The second-order valence-electron chi connectivity index (χ2n) is 20.9. The Bertz CT molecular complexity index is 1350. The summed E-state index contributed by atoms with van der Waals surface area (Å²) in [5, 5.41) is 9.68. The van der Waals surface area contributed by atoms with Gasteiger partial charge in [0, 0.05) is 12.8 Å². The zero-order valence-corrected chi connectivity index (χ0v) is 46.9. The van der Waals surface area contributed by atoms with Crippen LogP contribution < -0.4 is 0 Å². The number of hydrogen-bond acceptors (Lipinski definition) is 7. The molecule has 0 fully saturated rings. The maximum atomic E-state index is 12.8. The van der Waals surface area contributed by atoms with Gasteiger partial charge in [-0.15, -0.1) is 0 Å². The first-order chi connectivity index (χ1) is 34.6. The number of aliphatic carboxylic acids is 1. The number of hydrogen-bond donors (Lipinski definition) is 1. The molecule has 2 unspecified atom stereocenters. The van der Waals surface area contributed by atoms with Crippen molar-refractivity contribution in [3.63, 3.8) is 0 Å². The second kappa shape index (κ2) is 53.3. The van der Waals surface area contributed by atoms with Crippen molar-refractivity contribution in [2.24, 2.45) is 0 Å². The molecule has 9 nitrogen and oxygen atoms in total. The van der Waals surface area contributed by atoms with Gasteiger partial charge in [-0.25, -0.2) is 4.79 Å². The number of carboxylic acid groups (broad SMARTS) is 1. The molecule has 1 N–H and O–H groups in total. The molecule has 0 aliphatic rings. The number of carbonyl (C=O) groups excluding carboxylic acids is 2. The maximum Gasteiger partial charge on any atom is 0.361 e. The van der Waals surface area contributed by atoms with Crippen molar-refractivity contribution in [2.45, 2.75) is 270 Å². The number of rotatable bonds is 54. The van der Waals surface area contributed by atoms with Crippen LogP contribution in [0, 0.1) is 0 Å². The summed E-state index contributed by atoms with van der Waals surface area (Å²) in [5.74, 6) is -2.06. The van der Waals surface area contributed by atoms with Gasteiger partial charge < -0.3 is 28.5 Å². The fourth-order valence-corrected chi connectivity index (χ4v) is 8.24. The van der Waals surface area contributed by atoms with Gasteiger partial charge in [0.15, 0.2) is 6.10 Å². The first kappa shape index (κ1) is 68.0. The highest BCUT2D eigenvalue weighted by atomic mass is 16.7. The van der Waals surface area contributed by atoms with Crippen LogP contribution in [0.25, 0.3) is 0 Å². The summed E-state index contributed by atoms with van der Waals surface area (Å²) in [6, 6.07) is 0. The van der Waals surface area contributed by atoms with Crippen LogP contribution in [-0.4, -0.2) is 87.4 Å². The number of carboxylic acids is 1. The van der Waals surface area contributed by atoms with Crippen molar-refractivity contribution < 1.29 is 42.9 Å². The lowest BCUT2D eigenvalue weighted by Crippen LogP contribution is -2.40. The Balaban J connectivity index is 4.11. The van der Waals surface area contributed by atoms with Crippen LogP contribution >= 0.6 is 0 Å². The Morgan fingerprint density at radius 2 is 0.803 bits per heavy atom. The van der Waals surface area contributed by atoms with Crippen LogP contribution in [0.2, 0.25) is 0 Å². The van der Waals surface area contributed by atoms with Crippen LogP contribution in [0.1, 0.15) is 258 Å². The SMILES string of the molecule is CC/C=C\C/C=C\C/C=C\C/C=C\CCCCC(=O)OC(COC(=O)CCCCCCCCCCCCCCCCCCCCC/C=C\CCCCCCCCCC)COC(OCC[N+](C)(C)C)C(=O)O. The van der Waals surface area contributed by atoms with E-state index in [1.165, 1.54) is 167 Å². The van der Waals surface area contributed by atoms with Crippen molar-refractivity contribution in [1.29, 1.82) is 0 Å². The third kappa shape index (κ3) is 54.6. The molecule has 2 atom stereocenters. The Morgan fingerprint density at radius 3 is 1.24 bits per heavy atom. The number of quaternary nitrogens is 1. The molecule has 0 aromatic heterocycles. The molecule has 0 aromatic carbocycles. The number of unbranched alkanes of at least 4 members (excludes halogenated alkanes) is 29. The predicted molar refractivity (Wildman–Crippen MR) is 300 cm³/mol. The van der Waals surface area contributed by atoms with Crippen molar-refractivity contribution in [3.8, 4) is 0 Å². The average Bonchev–Trinajstić information content (AvgIpc) is 3.34. The van der Waals surface area contributed by atoms with E-state index >= 15 is 0 Å². The van der Waals surface area contributed by atoms with Gasteiger partial charge in [0.05, 0.1) is 34.4 Å². The zero-order chi connectivity index (χ0) is 52.0. The van der Waals surface area contributed by atoms with E-state index < -0.39 is 24.3 Å². The van der Waals surface area contributed by atoms with Gasteiger partial charge in [-0.1, -0.05) is 229 Å². The first-order valence-electron chi connectivity index (χ1n) is 29.5. The highest BCUT2D eigenvalue weighted by Gasteiger charge is 2.25. The van der Waals surface area contributed by atoms with Gasteiger partial charge in [0.1, 0.15) is 13.2 Å². The molecule has 9 heteroatoms. The van der Waals surface area contributed by atoms with Crippen LogP contribution in [0.3, 0.4) is 0 Å². The molecule has 0 spiro atoms. The van der Waals surface area contributed by atoms with Gasteiger partial charge in [-0.05, 0) is 77.0 Å². The lowest BCUT2D eigenvalue weighted by atomic mass is 10.0. The number of nitrogens with zero attached hydrogens (tertiary/aromatic N) is 1. The highest BCUT2D eigenvalue weighted by molar-refractivity contribution is 5.71. The van der Waals surface area contributed by atoms with Crippen LogP contribution in [0.4, 0.5) is 0 Å². The largest absolute Gasteiger partial charge is 0.477 e. The summed E-state index contributed by atoms with van der Waals surface area (Å²) in [7, 11) is 5.95. The Kier molecular flexibility index (Phi) is 51.0. The summed E-state index contributed by atoms with van der Waals surface area (Å²) >= 11 is 0. The van der Waals surface area contributed by atoms with E-state index in [-0.39, 0.29) is 32.2 Å². The molecule has 412 valence electrons. The van der Waals surface area contributed by atoms with Crippen LogP contribution in [0.5, 0.6) is 0 Å². The molecule has 0 bridgehead atoms. The molecule has 71 heavy (non-hydrogen) atoms. The lowest BCUT2D eigenvalue weighted by Gasteiger charge is -2.25. The van der Waals surface area contributed by atoms with Crippen LogP contribution in [0.15, 0.2) is 60.8 Å². The monoisotopic (exact) mass is 999 g/mol. The van der Waals surface area contributed by atoms with Crippen molar-refractivity contribution in [3.05, 3.63) is 60.8 Å². The number of likely N-dealkylation sites (N-methyl/N-ethyl adjacent to an activating group) is 1. The normalized spacial score (nSPS) is 13.2. The Hall–Kier alpha value is -3.01. The van der Waals surface area contributed by atoms with Gasteiger partial charge in [0.2, 0.25) is 0 Å². The standard InChI is InChI=1S/C62H111NO8/c1-6-8-10-12-14-16-18-20-22-23-24-25-26-27-28-29-30-31-32-33-34-35-36-37-39-40-42-44-46-48-50-52-59(64)69-56-58(57-70-62(61(66)67)68-55-54-63(3,4)5)71-60(65)53-51-49-47-45-43-41-38-21-19-17-15-13-11-9-7-2/h9,11,15,17,21,23-24,38,43,45,58,62H,6-8,10,12-14,16,18-20,22,25-37,39-42,44,46-57H2,1-5H3/p+1/b11-9-,17-15-,24-23-,38-21-,45-43-.